The van der Waals surface area contributed by atoms with Gasteiger partial charge in [0.2, 0.25) is 0 Å². The van der Waals surface area contributed by atoms with Crippen LogP contribution in [0.3, 0.4) is 0 Å². The molecule has 0 radical (unpaired) electrons. The molecule has 204 valence electrons. The monoisotopic (exact) mass is 534 g/mol. The Morgan fingerprint density at radius 2 is 1.78 bits per heavy atom. The maximum absolute atomic E-state index is 11.6. The zero-order chi connectivity index (χ0) is 25.2. The largest absolute Gasteiger partial charge is 0.463 e. The van der Waals surface area contributed by atoms with Crippen LogP contribution in [0.4, 0.5) is 0 Å². The zero-order valence-corrected chi connectivity index (χ0v) is 25.0. The summed E-state index contributed by atoms with van der Waals surface area (Å²) in [5, 5.41) is 0. The van der Waals surface area contributed by atoms with Gasteiger partial charge in [-0.15, -0.1) is 23.5 Å². The minimum Gasteiger partial charge on any atom is -0.463 e. The number of carbonyl (C=O) groups is 1. The molecule has 0 aromatic heterocycles. The zero-order valence-electron chi connectivity index (χ0n) is 23.4. The summed E-state index contributed by atoms with van der Waals surface area (Å²) >= 11 is 4.37. The van der Waals surface area contributed by atoms with Crippen LogP contribution >= 0.6 is 23.5 Å². The fourth-order valence-electron chi connectivity index (χ4n) is 10.8. The van der Waals surface area contributed by atoms with E-state index in [0.717, 1.165) is 52.9 Å². The maximum atomic E-state index is 11.6. The Labute approximate surface area is 228 Å². The van der Waals surface area contributed by atoms with Crippen molar-refractivity contribution < 1.29 is 14.3 Å². The fourth-order valence-corrected chi connectivity index (χ4v) is 14.0. The molecule has 6 rings (SSSR count). The van der Waals surface area contributed by atoms with E-state index in [1.807, 2.05) is 0 Å². The third-order valence-corrected chi connectivity index (χ3v) is 16.1. The normalized spacial score (nSPS) is 51.2. The van der Waals surface area contributed by atoms with Gasteiger partial charge in [0.05, 0.1) is 16.8 Å². The van der Waals surface area contributed by atoms with Gasteiger partial charge in [-0.25, -0.2) is 0 Å². The molecule has 6 aliphatic rings. The molecule has 0 N–H and O–H groups in total. The van der Waals surface area contributed by atoms with E-state index in [4.69, 9.17) is 9.47 Å². The van der Waals surface area contributed by atoms with Gasteiger partial charge in [0.25, 0.3) is 0 Å². The minimum atomic E-state index is -0.0959. The number of hydrogen-bond donors (Lipinski definition) is 0. The molecule has 3 nitrogen and oxygen atoms in total. The van der Waals surface area contributed by atoms with Crippen molar-refractivity contribution in [3.05, 3.63) is 0 Å². The number of hydrogen-bond acceptors (Lipinski definition) is 5. The summed E-state index contributed by atoms with van der Waals surface area (Å²) in [6, 6.07) is 0. The number of thioether (sulfide) groups is 2. The topological polar surface area (TPSA) is 35.5 Å². The lowest BCUT2D eigenvalue weighted by atomic mass is 9.44. The van der Waals surface area contributed by atoms with Gasteiger partial charge in [0.1, 0.15) is 6.10 Å². The van der Waals surface area contributed by atoms with Crippen LogP contribution in [0.1, 0.15) is 98.8 Å². The molecule has 0 aromatic carbocycles. The van der Waals surface area contributed by atoms with Crippen molar-refractivity contribution in [2.75, 3.05) is 11.5 Å². The molecular weight excluding hydrogens is 484 g/mol. The van der Waals surface area contributed by atoms with Gasteiger partial charge < -0.3 is 9.47 Å². The summed E-state index contributed by atoms with van der Waals surface area (Å²) in [5.74, 6) is 8.21. The predicted octanol–water partition coefficient (Wildman–Crippen LogP) is 7.81. The highest BCUT2D eigenvalue weighted by atomic mass is 32.2. The molecule has 2 saturated heterocycles. The Morgan fingerprint density at radius 1 is 1.03 bits per heavy atom. The Morgan fingerprint density at radius 3 is 2.53 bits per heavy atom. The highest BCUT2D eigenvalue weighted by Crippen LogP contribution is 2.70. The van der Waals surface area contributed by atoms with Crippen LogP contribution in [-0.2, 0) is 14.3 Å². The predicted molar refractivity (Wildman–Crippen MR) is 151 cm³/mol. The van der Waals surface area contributed by atoms with Crippen molar-refractivity contribution in [2.45, 2.75) is 122 Å². The second-order valence-corrected chi connectivity index (χ2v) is 17.0. The van der Waals surface area contributed by atoms with E-state index in [0.29, 0.717) is 29.0 Å². The second kappa shape index (κ2) is 9.95. The van der Waals surface area contributed by atoms with Crippen molar-refractivity contribution in [2.24, 2.45) is 52.3 Å². The molecule has 36 heavy (non-hydrogen) atoms. The molecule has 4 saturated carbocycles. The lowest BCUT2D eigenvalue weighted by molar-refractivity contribution is -0.160. The summed E-state index contributed by atoms with van der Waals surface area (Å²) in [6.45, 7) is 11.9. The molecule has 12 atom stereocenters. The van der Waals surface area contributed by atoms with E-state index in [9.17, 15) is 4.79 Å². The molecular formula is C31H50O3S2. The number of esters is 1. The molecule has 6 fully saturated rings. The molecule has 0 bridgehead atoms. The third kappa shape index (κ3) is 4.32. The smallest absolute Gasteiger partial charge is 0.302 e. The maximum Gasteiger partial charge on any atom is 0.302 e. The van der Waals surface area contributed by atoms with Crippen molar-refractivity contribution in [1.29, 1.82) is 0 Å². The van der Waals surface area contributed by atoms with E-state index in [-0.39, 0.29) is 12.1 Å². The summed E-state index contributed by atoms with van der Waals surface area (Å²) in [7, 11) is 0. The Bertz CT molecular complexity index is 829. The van der Waals surface area contributed by atoms with E-state index in [1.165, 1.54) is 62.9 Å². The average Bonchev–Trinajstić information content (AvgIpc) is 3.54. The van der Waals surface area contributed by atoms with Gasteiger partial charge >= 0.3 is 5.97 Å². The molecule has 0 amide bonds. The van der Waals surface area contributed by atoms with Crippen molar-refractivity contribution in [3.63, 3.8) is 0 Å². The van der Waals surface area contributed by atoms with Crippen molar-refractivity contribution in [3.8, 4) is 0 Å². The average molecular weight is 535 g/mol. The molecule has 0 aromatic rings. The van der Waals surface area contributed by atoms with Crippen LogP contribution in [0.5, 0.6) is 0 Å². The SMILES string of the molecule is CC(=O)OC1CCC2(C)C(CCC3C2CCC2(C)C3CC3OC(CCC(C)C4SCCS4)C(C)C32)C1. The van der Waals surface area contributed by atoms with Gasteiger partial charge in [-0.3, -0.25) is 4.79 Å². The highest BCUT2D eigenvalue weighted by molar-refractivity contribution is 8.20. The van der Waals surface area contributed by atoms with Gasteiger partial charge in [0, 0.05) is 18.4 Å². The number of rotatable bonds is 5. The quantitative estimate of drug-likeness (QED) is 0.336. The Balaban J connectivity index is 1.11. The van der Waals surface area contributed by atoms with E-state index in [1.54, 1.807) is 6.92 Å². The van der Waals surface area contributed by atoms with Crippen LogP contribution in [0.25, 0.3) is 0 Å². The molecule has 2 aliphatic heterocycles. The van der Waals surface area contributed by atoms with Crippen LogP contribution in [0.2, 0.25) is 0 Å². The highest BCUT2D eigenvalue weighted by Gasteiger charge is 2.65. The number of carbonyl (C=O) groups excluding carboxylic acids is 1. The van der Waals surface area contributed by atoms with Crippen LogP contribution in [0.15, 0.2) is 0 Å². The number of fused-ring (bicyclic) bond motifs is 7. The van der Waals surface area contributed by atoms with Gasteiger partial charge in [-0.05, 0) is 116 Å². The molecule has 0 spiro atoms. The Kier molecular flexibility index (Phi) is 7.29. The first-order valence-corrected chi connectivity index (χ1v) is 17.4. The summed E-state index contributed by atoms with van der Waals surface area (Å²) in [5.41, 5.74) is 0.918. The van der Waals surface area contributed by atoms with E-state index < -0.39 is 0 Å². The first-order chi connectivity index (χ1) is 17.2. The lowest BCUT2D eigenvalue weighted by Gasteiger charge is -2.61. The molecule has 5 heteroatoms. The Hall–Kier alpha value is 0.130. The molecule has 12 unspecified atom stereocenters. The first-order valence-electron chi connectivity index (χ1n) is 15.3. The van der Waals surface area contributed by atoms with Crippen molar-refractivity contribution >= 4 is 29.5 Å². The fraction of sp³-hybridized carbons (Fsp3) is 0.968. The van der Waals surface area contributed by atoms with E-state index in [2.05, 4.69) is 51.2 Å². The van der Waals surface area contributed by atoms with Gasteiger partial charge in [-0.1, -0.05) is 27.7 Å². The van der Waals surface area contributed by atoms with Crippen LogP contribution in [-0.4, -0.2) is 40.4 Å². The standard InChI is InChI=1S/C31H50O3S2/c1-18(29-35-14-15-36-29)6-9-26-19(2)28-27(34-26)17-25-23-8-7-21-16-22(33-20(3)32)10-12-30(21,4)24(23)11-13-31(25,28)5/h18-19,21-29H,6-17H2,1-5H3. The van der Waals surface area contributed by atoms with Crippen molar-refractivity contribution in [1.82, 2.24) is 0 Å². The van der Waals surface area contributed by atoms with Crippen LogP contribution in [0, 0.1) is 52.3 Å². The van der Waals surface area contributed by atoms with Gasteiger partial charge in [0.15, 0.2) is 0 Å². The molecule has 2 heterocycles. The summed E-state index contributed by atoms with van der Waals surface area (Å²) in [4.78, 5) is 11.6. The number of ether oxygens (including phenoxy) is 2. The summed E-state index contributed by atoms with van der Waals surface area (Å²) in [6.07, 6.45) is 14.0. The summed E-state index contributed by atoms with van der Waals surface area (Å²) < 4.78 is 13.5. The first kappa shape index (κ1) is 26.4. The van der Waals surface area contributed by atoms with Gasteiger partial charge in [-0.2, -0.15) is 0 Å². The third-order valence-electron chi connectivity index (χ3n) is 12.6. The molecule has 4 aliphatic carbocycles. The lowest BCUT2D eigenvalue weighted by Crippen LogP contribution is -2.54. The second-order valence-electron chi connectivity index (χ2n) is 14.2. The minimum absolute atomic E-state index is 0.0959. The van der Waals surface area contributed by atoms with Crippen LogP contribution < -0.4 is 0 Å². The van der Waals surface area contributed by atoms with E-state index >= 15 is 0 Å².